The van der Waals surface area contributed by atoms with E-state index in [-0.39, 0.29) is 12.0 Å². The Hall–Kier alpha value is -1.78. The second-order valence-corrected chi connectivity index (χ2v) is 4.35. The minimum absolute atomic E-state index is 0.0578. The Balaban J connectivity index is 1.77. The van der Waals surface area contributed by atoms with Gasteiger partial charge in [-0.05, 0) is 18.9 Å². The molecule has 1 saturated heterocycles. The van der Waals surface area contributed by atoms with Crippen molar-refractivity contribution in [2.75, 3.05) is 13.1 Å². The molecule has 0 aliphatic carbocycles. The van der Waals surface area contributed by atoms with Crippen LogP contribution in [-0.4, -0.2) is 36.3 Å². The zero-order chi connectivity index (χ0) is 11.7. The molecule has 0 N–H and O–H groups in total. The Morgan fingerprint density at radius 2 is 2.24 bits per heavy atom. The van der Waals surface area contributed by atoms with Crippen LogP contribution >= 0.6 is 0 Å². The highest BCUT2D eigenvalue weighted by Crippen LogP contribution is 2.29. The molecule has 5 nitrogen and oxygen atoms in total. The first-order valence-electron chi connectivity index (χ1n) is 5.84. The molecule has 5 heteroatoms. The van der Waals surface area contributed by atoms with Crippen LogP contribution in [0.1, 0.15) is 24.5 Å². The predicted molar refractivity (Wildman–Crippen MR) is 60.6 cm³/mol. The van der Waals surface area contributed by atoms with Crippen LogP contribution in [0.2, 0.25) is 0 Å². The van der Waals surface area contributed by atoms with Crippen LogP contribution in [0, 0.1) is 0 Å². The van der Waals surface area contributed by atoms with Gasteiger partial charge in [0.05, 0.1) is 12.5 Å². The first-order valence-corrected chi connectivity index (χ1v) is 5.84. The van der Waals surface area contributed by atoms with Crippen molar-refractivity contribution in [1.82, 2.24) is 4.90 Å². The van der Waals surface area contributed by atoms with E-state index in [1.54, 1.807) is 12.5 Å². The Morgan fingerprint density at radius 1 is 1.41 bits per heavy atom. The molecule has 3 rings (SSSR count). The summed E-state index contributed by atoms with van der Waals surface area (Å²) < 4.78 is 10.4. The van der Waals surface area contributed by atoms with Gasteiger partial charge in [0.15, 0.2) is 18.5 Å². The van der Waals surface area contributed by atoms with Gasteiger partial charge in [-0.2, -0.15) is 0 Å². The summed E-state index contributed by atoms with van der Waals surface area (Å²) in [5.41, 5.74) is 0.861. The molecular formula is C12H14N2O3. The minimum atomic E-state index is -0.453. The molecule has 17 heavy (non-hydrogen) atoms. The maximum Gasteiger partial charge on any atom is 0.251 e. The molecule has 1 aromatic rings. The van der Waals surface area contributed by atoms with Crippen molar-refractivity contribution in [3.63, 3.8) is 0 Å². The molecule has 2 aliphatic heterocycles. The van der Waals surface area contributed by atoms with Gasteiger partial charge in [0, 0.05) is 18.7 Å². The maximum absolute atomic E-state index is 12.3. The molecule has 90 valence electrons. The van der Waals surface area contributed by atoms with Gasteiger partial charge >= 0.3 is 0 Å². The lowest BCUT2D eigenvalue weighted by Gasteiger charge is -2.21. The zero-order valence-corrected chi connectivity index (χ0v) is 9.41. The monoisotopic (exact) mass is 234 g/mol. The fourth-order valence-corrected chi connectivity index (χ4v) is 2.33. The molecule has 0 bridgehead atoms. The first kappa shape index (κ1) is 10.4. The highest BCUT2D eigenvalue weighted by Gasteiger charge is 2.37. The molecule has 0 radical (unpaired) electrons. The van der Waals surface area contributed by atoms with Crippen LogP contribution in [0.4, 0.5) is 0 Å². The number of carbonyl (C=O) groups is 1. The van der Waals surface area contributed by atoms with Gasteiger partial charge in [0.2, 0.25) is 0 Å². The van der Waals surface area contributed by atoms with Crippen LogP contribution in [-0.2, 0) is 9.53 Å². The highest BCUT2D eigenvalue weighted by molar-refractivity contribution is 5.85. The topological polar surface area (TPSA) is 55.0 Å². The third-order valence-electron chi connectivity index (χ3n) is 3.26. The van der Waals surface area contributed by atoms with E-state index in [4.69, 9.17) is 9.15 Å². The van der Waals surface area contributed by atoms with E-state index in [2.05, 4.69) is 4.99 Å². The number of nitrogens with zero attached hydrogens (tertiary/aromatic N) is 2. The van der Waals surface area contributed by atoms with Crippen LogP contribution in [0.15, 0.2) is 28.0 Å². The van der Waals surface area contributed by atoms with Gasteiger partial charge in [-0.1, -0.05) is 0 Å². The normalized spacial score (nSPS) is 27.4. The lowest BCUT2D eigenvalue weighted by Crippen LogP contribution is -2.38. The van der Waals surface area contributed by atoms with Crippen LogP contribution in [0.25, 0.3) is 0 Å². The van der Waals surface area contributed by atoms with E-state index in [0.717, 1.165) is 31.5 Å². The second-order valence-electron chi connectivity index (χ2n) is 4.35. The third kappa shape index (κ3) is 1.81. The van der Waals surface area contributed by atoms with Gasteiger partial charge in [-0.3, -0.25) is 4.79 Å². The van der Waals surface area contributed by atoms with Crippen LogP contribution < -0.4 is 0 Å². The number of aliphatic imine (C=N–C) groups is 1. The number of likely N-dealkylation sites (tertiary alicyclic amines) is 1. The third-order valence-corrected chi connectivity index (χ3v) is 3.26. The number of hydrogen-bond acceptors (Lipinski definition) is 4. The average molecular weight is 234 g/mol. The van der Waals surface area contributed by atoms with Crippen molar-refractivity contribution in [1.29, 1.82) is 0 Å². The van der Waals surface area contributed by atoms with Crippen LogP contribution in [0.5, 0.6) is 0 Å². The zero-order valence-electron chi connectivity index (χ0n) is 9.41. The van der Waals surface area contributed by atoms with E-state index in [1.807, 2.05) is 11.0 Å². The van der Waals surface area contributed by atoms with Gasteiger partial charge in [0.1, 0.15) is 0 Å². The molecule has 1 amide bonds. The lowest BCUT2D eigenvalue weighted by atomic mass is 10.1. The molecule has 0 saturated carbocycles. The molecular weight excluding hydrogens is 220 g/mol. The van der Waals surface area contributed by atoms with Gasteiger partial charge in [-0.25, -0.2) is 4.99 Å². The van der Waals surface area contributed by atoms with Gasteiger partial charge in [-0.15, -0.1) is 0 Å². The summed E-state index contributed by atoms with van der Waals surface area (Å²) >= 11 is 0. The molecule has 2 aliphatic rings. The minimum Gasteiger partial charge on any atom is -0.473 e. The summed E-state index contributed by atoms with van der Waals surface area (Å²) in [6, 6.07) is 1.36. The van der Waals surface area contributed by atoms with Gasteiger partial charge in [0.25, 0.3) is 5.91 Å². The highest BCUT2D eigenvalue weighted by atomic mass is 16.5. The van der Waals surface area contributed by atoms with Crippen molar-refractivity contribution in [3.8, 4) is 0 Å². The number of amides is 1. The van der Waals surface area contributed by atoms with Crippen LogP contribution in [0.3, 0.4) is 0 Å². The quantitative estimate of drug-likeness (QED) is 0.776. The molecule has 3 heterocycles. The fraction of sp³-hybridized carbons (Fsp3) is 0.500. The summed E-state index contributed by atoms with van der Waals surface area (Å²) in [6.45, 7) is 1.67. The summed E-state index contributed by atoms with van der Waals surface area (Å²) in [4.78, 5) is 18.3. The van der Waals surface area contributed by atoms with Gasteiger partial charge < -0.3 is 14.1 Å². The Bertz CT molecular complexity index is 421. The van der Waals surface area contributed by atoms with E-state index >= 15 is 0 Å². The first-order chi connectivity index (χ1) is 8.36. The number of carbonyl (C=O) groups excluding carboxylic acids is 1. The maximum atomic E-state index is 12.3. The average Bonchev–Trinajstić information content (AvgIpc) is 3.09. The van der Waals surface area contributed by atoms with E-state index in [9.17, 15) is 4.79 Å². The molecule has 0 spiro atoms. The van der Waals surface area contributed by atoms with E-state index in [0.29, 0.717) is 0 Å². The van der Waals surface area contributed by atoms with Crippen molar-refractivity contribution in [2.45, 2.75) is 25.0 Å². The summed E-state index contributed by atoms with van der Waals surface area (Å²) in [7, 11) is 0. The van der Waals surface area contributed by atoms with Crippen molar-refractivity contribution in [2.24, 2.45) is 4.99 Å². The van der Waals surface area contributed by atoms with Crippen molar-refractivity contribution < 1.29 is 13.9 Å². The lowest BCUT2D eigenvalue weighted by molar-refractivity contribution is -0.133. The number of ether oxygens (including phenoxy) is 1. The molecule has 0 aromatic carbocycles. The smallest absolute Gasteiger partial charge is 0.251 e. The standard InChI is InChI=1S/C12H14N2O3/c15-12(14-4-1-2-5-14)10-11(17-8-13-10)9-3-6-16-7-9/h3,6-8,10-11H,1-2,4-5H2/t10-,11+/m0/s1. The molecule has 1 aromatic heterocycles. The number of furan rings is 1. The molecule has 2 atom stereocenters. The summed E-state index contributed by atoms with van der Waals surface area (Å²) in [6.07, 6.45) is 6.38. The summed E-state index contributed by atoms with van der Waals surface area (Å²) in [5.74, 6) is 0.0578. The fourth-order valence-electron chi connectivity index (χ4n) is 2.33. The molecule has 1 fully saturated rings. The predicted octanol–water partition coefficient (Wildman–Crippen LogP) is 1.37. The Labute approximate surface area is 99.1 Å². The SMILES string of the molecule is O=C([C@H]1N=CO[C@@H]1c1ccoc1)N1CCCC1. The number of rotatable bonds is 2. The second kappa shape index (κ2) is 4.24. The largest absolute Gasteiger partial charge is 0.473 e. The summed E-state index contributed by atoms with van der Waals surface area (Å²) in [5, 5.41) is 0. The van der Waals surface area contributed by atoms with Crippen molar-refractivity contribution >= 4 is 12.3 Å². The molecule has 0 unspecified atom stereocenters. The Morgan fingerprint density at radius 3 is 2.94 bits per heavy atom. The number of hydrogen-bond donors (Lipinski definition) is 0. The van der Waals surface area contributed by atoms with E-state index < -0.39 is 6.04 Å². The van der Waals surface area contributed by atoms with Crippen molar-refractivity contribution in [3.05, 3.63) is 24.2 Å². The Kier molecular flexibility index (Phi) is 2.59. The van der Waals surface area contributed by atoms with E-state index in [1.165, 1.54) is 6.40 Å².